The van der Waals surface area contributed by atoms with Crippen molar-refractivity contribution < 1.29 is 101 Å². The second kappa shape index (κ2) is 42.8. The number of rotatable bonds is 16. The molecule has 10 rings (SSSR count). The monoisotopic (exact) mass is 2290 g/mol. The van der Waals surface area contributed by atoms with Gasteiger partial charge in [0.15, 0.2) is 0 Å². The fraction of sp³-hybridized carbons (Fsp3) is 0.345. The molecule has 5 aromatic heterocycles. The molecule has 99 heavy (non-hydrogen) atoms. The average molecular weight is 2290 g/mol. The van der Waals surface area contributed by atoms with Gasteiger partial charge in [-0.2, -0.15) is 0 Å². The predicted molar refractivity (Wildman–Crippen MR) is 423 cm³/mol. The Kier molecular flexibility index (Phi) is 40.3. The van der Waals surface area contributed by atoms with Crippen LogP contribution in [0.3, 0.4) is 0 Å². The number of aromatic nitrogens is 5. The van der Waals surface area contributed by atoms with Crippen LogP contribution < -0.4 is 25.9 Å². The second-order valence-corrected chi connectivity index (χ2v) is 55.8. The molecule has 0 spiro atoms. The van der Waals surface area contributed by atoms with Crippen molar-refractivity contribution in [2.24, 2.45) is 0 Å². The maximum atomic E-state index is 4.91. The van der Waals surface area contributed by atoms with Gasteiger partial charge in [-0.05, 0) is 85.0 Å². The number of aryl methyl sites for hydroxylation is 2. The van der Waals surface area contributed by atoms with Crippen molar-refractivity contribution in [1.82, 2.24) is 24.9 Å². The summed E-state index contributed by atoms with van der Waals surface area (Å²) >= 11 is 0. The molecule has 10 aromatic rings. The van der Waals surface area contributed by atoms with Gasteiger partial charge in [0.1, 0.15) is 0 Å². The van der Waals surface area contributed by atoms with E-state index < -0.39 is 40.4 Å². The van der Waals surface area contributed by atoms with Crippen molar-refractivity contribution in [3.63, 3.8) is 0 Å². The Balaban J connectivity index is 0.000000611. The van der Waals surface area contributed by atoms with Gasteiger partial charge in [0.25, 0.3) is 0 Å². The average Bonchev–Trinajstić information content (AvgIpc) is 0.832. The van der Waals surface area contributed by atoms with Crippen LogP contribution in [0, 0.1) is 30.3 Å². The van der Waals surface area contributed by atoms with Crippen molar-refractivity contribution in [2.75, 3.05) is 0 Å². The van der Waals surface area contributed by atoms with E-state index in [2.05, 4.69) is 285 Å². The zero-order chi connectivity index (χ0) is 69.2. The molecule has 0 aliphatic carbocycles. The minimum absolute atomic E-state index is 0. The molecule has 0 N–H and O–H groups in total. The third kappa shape index (κ3) is 28.3. The molecule has 5 heterocycles. The van der Waals surface area contributed by atoms with Crippen LogP contribution in [0.4, 0.5) is 0 Å². The Morgan fingerprint density at radius 3 is 1.09 bits per heavy atom. The molecule has 539 valence electrons. The fourth-order valence-corrected chi connectivity index (χ4v) is 18.8. The number of nitrogens with zero attached hydrogens (tertiary/aromatic N) is 5. The van der Waals surface area contributed by atoms with Crippen LogP contribution >= 0.6 is 0 Å². The first kappa shape index (κ1) is 93.2. The smallest absolute Gasteiger partial charge is 0.0799 e. The van der Waals surface area contributed by atoms with Gasteiger partial charge in [-0.25, -0.2) is 0 Å². The zero-order valence-corrected chi connectivity index (χ0v) is 80.1. The second-order valence-electron chi connectivity index (χ2n) is 30.6. The minimum Gasteiger partial charge on any atom is -0.305 e. The summed E-state index contributed by atoms with van der Waals surface area (Å²) in [6.45, 7) is 53.5. The van der Waals surface area contributed by atoms with Crippen molar-refractivity contribution in [3.8, 4) is 56.3 Å². The van der Waals surface area contributed by atoms with E-state index in [9.17, 15) is 0 Å². The van der Waals surface area contributed by atoms with Crippen LogP contribution in [0.1, 0.15) is 108 Å². The van der Waals surface area contributed by atoms with Crippen LogP contribution in [-0.2, 0) is 113 Å². The Hall–Kier alpha value is -3.82. The van der Waals surface area contributed by atoms with Gasteiger partial charge in [0.05, 0.1) is 40.4 Å². The Bertz CT molecular complexity index is 3860. The molecule has 0 atom stereocenters. The van der Waals surface area contributed by atoms with Crippen LogP contribution in [0.5, 0.6) is 0 Å². The first-order valence-electron chi connectivity index (χ1n) is 34.1. The molecule has 0 saturated heterocycles. The Labute approximate surface area is 672 Å². The van der Waals surface area contributed by atoms with E-state index in [1.807, 2.05) is 91.0 Å². The number of benzene rings is 5. The van der Waals surface area contributed by atoms with Gasteiger partial charge in [-0.3, -0.25) is 0 Å². The Morgan fingerprint density at radius 2 is 0.727 bits per heavy atom. The first-order chi connectivity index (χ1) is 44.2. The van der Waals surface area contributed by atoms with Crippen molar-refractivity contribution >= 4 is 66.3 Å². The van der Waals surface area contributed by atoms with Gasteiger partial charge in [-0.1, -0.05) is 219 Å². The summed E-state index contributed by atoms with van der Waals surface area (Å²) < 4.78 is 0. The maximum Gasteiger partial charge on any atom is 0.0799 e. The van der Waals surface area contributed by atoms with Crippen LogP contribution in [0.2, 0.25) is 98.2 Å². The van der Waals surface area contributed by atoms with Gasteiger partial charge in [0.2, 0.25) is 0 Å². The summed E-state index contributed by atoms with van der Waals surface area (Å²) in [6, 6.07) is 72.3. The van der Waals surface area contributed by atoms with Gasteiger partial charge < -0.3 is 24.9 Å². The molecule has 0 unspecified atom stereocenters. The van der Waals surface area contributed by atoms with Crippen molar-refractivity contribution in [3.05, 3.63) is 241 Å². The number of hydrogen-bond donors (Lipinski definition) is 0. The van der Waals surface area contributed by atoms with Crippen LogP contribution in [-0.4, -0.2) is 65.3 Å². The summed E-state index contributed by atoms with van der Waals surface area (Å²) in [7, 11) is -6.59. The molecular weight excluding hydrogens is 2180 g/mol. The van der Waals surface area contributed by atoms with E-state index in [1.54, 1.807) is 0 Å². The SMILES string of the molecule is CC(C)c1cc(-c2[c-]cccc2)ncc1[Si](C)(C)C.CC(C)c1cc([Si](C)(C)C)cnc1-c1[c-]cccc1.CC(C)c1nc(-c2[c-]cccc2)ccc1[Si](C)(C)C.CCCc1cc(-c2[c-]cccc2)ncc1[Si](C)(C)C.CCc1nc(-c2[c-]cccc2)ccc1[Si](C)(C)C.[Ir].[Ir].[Ir].[Ir].[Ir]. The van der Waals surface area contributed by atoms with Crippen LogP contribution in [0.15, 0.2) is 182 Å². The molecular formula is C84H108Ir5N5Si5-5. The third-order valence-electron chi connectivity index (χ3n) is 16.4. The molecule has 0 aliphatic heterocycles. The number of hydrogen-bond acceptors (Lipinski definition) is 5. The third-order valence-corrected chi connectivity index (χ3v) is 26.6. The number of pyridine rings is 5. The van der Waals surface area contributed by atoms with Crippen molar-refractivity contribution in [2.45, 2.75) is 191 Å². The topological polar surface area (TPSA) is 64.5 Å². The van der Waals surface area contributed by atoms with Crippen LogP contribution in [0.25, 0.3) is 56.3 Å². The van der Waals surface area contributed by atoms with E-state index in [1.165, 1.54) is 60.4 Å². The first-order valence-corrected chi connectivity index (χ1v) is 51.6. The summed E-state index contributed by atoms with van der Waals surface area (Å²) in [5.74, 6) is 1.48. The van der Waals surface area contributed by atoms with E-state index in [4.69, 9.17) is 15.0 Å². The molecule has 15 heteroatoms. The summed E-state index contributed by atoms with van der Waals surface area (Å²) in [5.41, 5.74) is 17.4. The standard InChI is InChI=1S/4C17H22NSi.C16H20NSi.5Ir/c1-13(2)15-11-16(14-9-7-6-8-10-14)18-12-17(15)19(3,4)5;1-13(2)16-11-15(19(3,4)5)12-18-17(16)14-9-7-6-8-10-14;1-13(2)17-16(19(3,4)5)12-11-15(18-17)14-9-7-6-8-10-14;1-5-9-15-12-16(14-10-7-6-8-11-14)18-13-17(15)19(2,3)4;1-5-14-16(18(2,3)4)12-11-15(17-14)13-9-7-6-8-10-13;;;;;/h3*6-9,11-13H,1-5H3;6-8,10,12-13H,5,9H2,1-4H3;6-9,11-12H,5H2,1-4H3;;;;;/q5*-1;;;;;. The quantitative estimate of drug-likeness (QED) is 0.0712. The van der Waals surface area contributed by atoms with Gasteiger partial charge >= 0.3 is 0 Å². The van der Waals surface area contributed by atoms with Gasteiger partial charge in [0, 0.05) is 131 Å². The summed E-state index contributed by atoms with van der Waals surface area (Å²) in [4.78, 5) is 23.8. The minimum atomic E-state index is -1.34. The molecule has 5 aromatic carbocycles. The Morgan fingerprint density at radius 1 is 0.343 bits per heavy atom. The van der Waals surface area contributed by atoms with E-state index in [0.717, 1.165) is 69.1 Å². The summed E-state index contributed by atoms with van der Waals surface area (Å²) in [5, 5.41) is 7.35. The largest absolute Gasteiger partial charge is 0.305 e. The molecule has 5 nitrogen and oxygen atoms in total. The molecule has 0 saturated carbocycles. The molecule has 0 amide bonds. The molecule has 0 aliphatic rings. The van der Waals surface area contributed by atoms with E-state index >= 15 is 0 Å². The molecule has 0 bridgehead atoms. The van der Waals surface area contributed by atoms with Gasteiger partial charge in [-0.15, -0.1) is 179 Å². The fourth-order valence-electron chi connectivity index (χ4n) is 11.1. The molecule has 5 radical (unpaired) electrons. The zero-order valence-electron chi connectivity index (χ0n) is 63.1. The maximum absolute atomic E-state index is 4.91. The normalized spacial score (nSPS) is 11.2. The molecule has 0 fully saturated rings. The van der Waals surface area contributed by atoms with Crippen molar-refractivity contribution in [1.29, 1.82) is 0 Å². The van der Waals surface area contributed by atoms with E-state index in [-0.39, 0.29) is 101 Å². The summed E-state index contributed by atoms with van der Waals surface area (Å²) in [6.07, 6.45) is 9.58. The predicted octanol–water partition coefficient (Wildman–Crippen LogP) is 20.3. The van der Waals surface area contributed by atoms with E-state index in [0.29, 0.717) is 17.8 Å².